The summed E-state index contributed by atoms with van der Waals surface area (Å²) in [7, 11) is 0. The zero-order valence-electron chi connectivity index (χ0n) is 7.95. The molecule has 0 unspecified atom stereocenters. The molecule has 0 bridgehead atoms. The summed E-state index contributed by atoms with van der Waals surface area (Å²) < 4.78 is 10.4. The van der Waals surface area contributed by atoms with Crippen molar-refractivity contribution >= 4 is 0 Å². The average molecular weight is 170 g/mol. The van der Waals surface area contributed by atoms with Crippen LogP contribution in [-0.4, -0.2) is 26.4 Å². The Morgan fingerprint density at radius 1 is 0.833 bits per heavy atom. The highest BCUT2D eigenvalue weighted by Crippen LogP contribution is 1.81. The molecular formula is C10H18O2. The highest BCUT2D eigenvalue weighted by molar-refractivity contribution is 4.76. The van der Waals surface area contributed by atoms with Gasteiger partial charge in [0.25, 0.3) is 0 Å². The number of hydrogen-bond acceptors (Lipinski definition) is 2. The molecule has 0 saturated carbocycles. The monoisotopic (exact) mass is 170 g/mol. The predicted octanol–water partition coefficient (Wildman–Crippen LogP) is 2.17. The van der Waals surface area contributed by atoms with Gasteiger partial charge < -0.3 is 9.47 Å². The van der Waals surface area contributed by atoms with Crippen LogP contribution < -0.4 is 0 Å². The van der Waals surface area contributed by atoms with Gasteiger partial charge in [-0.3, -0.25) is 0 Å². The minimum Gasteiger partial charge on any atom is -0.375 e. The van der Waals surface area contributed by atoms with E-state index in [0.717, 1.165) is 0 Å². The molecule has 0 rings (SSSR count). The smallest absolute Gasteiger partial charge is 0.0704 e. The van der Waals surface area contributed by atoms with E-state index in [9.17, 15) is 0 Å². The average Bonchev–Trinajstić information content (AvgIpc) is 2.10. The predicted molar refractivity (Wildman–Crippen MR) is 51.3 cm³/mol. The summed E-state index contributed by atoms with van der Waals surface area (Å²) in [5, 5.41) is 0. The molecule has 0 amide bonds. The third-order valence-electron chi connectivity index (χ3n) is 1.27. The van der Waals surface area contributed by atoms with Crippen LogP contribution in [0.1, 0.15) is 13.8 Å². The fraction of sp³-hybridized carbons (Fsp3) is 0.600. The molecule has 0 aliphatic rings. The maximum Gasteiger partial charge on any atom is 0.0704 e. The van der Waals surface area contributed by atoms with Crippen molar-refractivity contribution in [3.05, 3.63) is 24.3 Å². The molecule has 2 heteroatoms. The fourth-order valence-corrected chi connectivity index (χ4v) is 0.613. The van der Waals surface area contributed by atoms with Crippen LogP contribution in [0, 0.1) is 0 Å². The van der Waals surface area contributed by atoms with Crippen molar-refractivity contribution in [1.82, 2.24) is 0 Å². The summed E-state index contributed by atoms with van der Waals surface area (Å²) in [5.74, 6) is 0. The van der Waals surface area contributed by atoms with Crippen molar-refractivity contribution < 1.29 is 9.47 Å². The largest absolute Gasteiger partial charge is 0.375 e. The molecule has 0 aromatic heterocycles. The molecule has 0 saturated heterocycles. The third kappa shape index (κ3) is 9.40. The van der Waals surface area contributed by atoms with E-state index >= 15 is 0 Å². The first-order valence-electron chi connectivity index (χ1n) is 4.29. The molecule has 2 nitrogen and oxygen atoms in total. The van der Waals surface area contributed by atoms with Crippen LogP contribution in [0.25, 0.3) is 0 Å². The molecule has 0 spiro atoms. The maximum absolute atomic E-state index is 5.22. The van der Waals surface area contributed by atoms with Gasteiger partial charge in [0, 0.05) is 0 Å². The van der Waals surface area contributed by atoms with Gasteiger partial charge in [0.15, 0.2) is 0 Å². The molecule has 0 aromatic carbocycles. The Labute approximate surface area is 74.9 Å². The van der Waals surface area contributed by atoms with Crippen LogP contribution in [0.2, 0.25) is 0 Å². The second-order valence-corrected chi connectivity index (χ2v) is 2.29. The number of hydrogen-bond donors (Lipinski definition) is 0. The number of allylic oxidation sites excluding steroid dienone is 2. The summed E-state index contributed by atoms with van der Waals surface area (Å²) in [5.41, 5.74) is 0. The van der Waals surface area contributed by atoms with Gasteiger partial charge in [0.2, 0.25) is 0 Å². The van der Waals surface area contributed by atoms with E-state index in [4.69, 9.17) is 9.47 Å². The molecule has 0 N–H and O–H groups in total. The maximum atomic E-state index is 5.22. The van der Waals surface area contributed by atoms with E-state index < -0.39 is 0 Å². The van der Waals surface area contributed by atoms with Gasteiger partial charge in [-0.25, -0.2) is 0 Å². The van der Waals surface area contributed by atoms with Crippen molar-refractivity contribution in [2.75, 3.05) is 26.4 Å². The standard InChI is InChI=1S/C10H18O2/c1-3-5-7-11-9-10-12-8-6-4-2/h3-6H,7-10H2,1-2H3. The molecule has 0 atom stereocenters. The lowest BCUT2D eigenvalue weighted by atomic mass is 10.5. The fourth-order valence-electron chi connectivity index (χ4n) is 0.613. The molecule has 12 heavy (non-hydrogen) atoms. The minimum atomic E-state index is 0.669. The summed E-state index contributed by atoms with van der Waals surface area (Å²) >= 11 is 0. The zero-order chi connectivity index (χ0) is 9.07. The highest BCUT2D eigenvalue weighted by Gasteiger charge is 1.84. The molecule has 0 heterocycles. The molecule has 0 radical (unpaired) electrons. The molecule has 70 valence electrons. The van der Waals surface area contributed by atoms with E-state index in [1.165, 1.54) is 0 Å². The number of ether oxygens (including phenoxy) is 2. The Kier molecular flexibility index (Phi) is 9.88. The lowest BCUT2D eigenvalue weighted by Gasteiger charge is -2.00. The second kappa shape index (κ2) is 10.4. The molecule has 0 fully saturated rings. The first kappa shape index (κ1) is 11.4. The van der Waals surface area contributed by atoms with Gasteiger partial charge in [-0.15, -0.1) is 0 Å². The normalized spacial score (nSPS) is 11.8. The zero-order valence-corrected chi connectivity index (χ0v) is 7.95. The van der Waals surface area contributed by atoms with Crippen molar-refractivity contribution in [3.63, 3.8) is 0 Å². The third-order valence-corrected chi connectivity index (χ3v) is 1.27. The molecule has 0 aliphatic carbocycles. The minimum absolute atomic E-state index is 0.669. The lowest BCUT2D eigenvalue weighted by Crippen LogP contribution is -2.03. The summed E-state index contributed by atoms with van der Waals surface area (Å²) in [6.45, 7) is 6.66. The summed E-state index contributed by atoms with van der Waals surface area (Å²) in [4.78, 5) is 0. The SMILES string of the molecule is CC=CCOCCOCC=CC. The Morgan fingerprint density at radius 3 is 1.58 bits per heavy atom. The van der Waals surface area contributed by atoms with Gasteiger partial charge in [-0.2, -0.15) is 0 Å². The van der Waals surface area contributed by atoms with Crippen LogP contribution >= 0.6 is 0 Å². The van der Waals surface area contributed by atoms with Crippen molar-refractivity contribution in [2.45, 2.75) is 13.8 Å². The van der Waals surface area contributed by atoms with Crippen LogP contribution in [0.4, 0.5) is 0 Å². The van der Waals surface area contributed by atoms with Gasteiger partial charge in [-0.1, -0.05) is 24.3 Å². The van der Waals surface area contributed by atoms with Crippen molar-refractivity contribution in [2.24, 2.45) is 0 Å². The van der Waals surface area contributed by atoms with Crippen molar-refractivity contribution in [3.8, 4) is 0 Å². The first-order valence-corrected chi connectivity index (χ1v) is 4.29. The second-order valence-electron chi connectivity index (χ2n) is 2.29. The van der Waals surface area contributed by atoms with Crippen LogP contribution in [0.3, 0.4) is 0 Å². The van der Waals surface area contributed by atoms with E-state index in [-0.39, 0.29) is 0 Å². The van der Waals surface area contributed by atoms with E-state index in [0.29, 0.717) is 26.4 Å². The van der Waals surface area contributed by atoms with Gasteiger partial charge in [0.05, 0.1) is 26.4 Å². The molecule has 0 aliphatic heterocycles. The summed E-state index contributed by atoms with van der Waals surface area (Å²) in [6, 6.07) is 0. The van der Waals surface area contributed by atoms with Gasteiger partial charge >= 0.3 is 0 Å². The van der Waals surface area contributed by atoms with Gasteiger partial charge in [-0.05, 0) is 13.8 Å². The van der Waals surface area contributed by atoms with Gasteiger partial charge in [0.1, 0.15) is 0 Å². The van der Waals surface area contributed by atoms with Crippen LogP contribution in [-0.2, 0) is 9.47 Å². The highest BCUT2D eigenvalue weighted by atomic mass is 16.5. The van der Waals surface area contributed by atoms with E-state index in [2.05, 4.69) is 0 Å². The topological polar surface area (TPSA) is 18.5 Å². The summed E-state index contributed by atoms with van der Waals surface area (Å²) in [6.07, 6.45) is 7.90. The Balaban J connectivity index is 2.91. The van der Waals surface area contributed by atoms with Crippen molar-refractivity contribution in [1.29, 1.82) is 0 Å². The Hall–Kier alpha value is -0.600. The van der Waals surface area contributed by atoms with Crippen LogP contribution in [0.15, 0.2) is 24.3 Å². The quantitative estimate of drug-likeness (QED) is 0.430. The number of rotatable bonds is 7. The molecule has 0 aromatic rings. The lowest BCUT2D eigenvalue weighted by molar-refractivity contribution is 0.0708. The van der Waals surface area contributed by atoms with Crippen LogP contribution in [0.5, 0.6) is 0 Å². The Morgan fingerprint density at radius 2 is 1.25 bits per heavy atom. The first-order chi connectivity index (χ1) is 5.91. The molecular weight excluding hydrogens is 152 g/mol. The van der Waals surface area contributed by atoms with E-state index in [1.807, 2.05) is 38.2 Å². The van der Waals surface area contributed by atoms with E-state index in [1.54, 1.807) is 0 Å². The Bertz CT molecular complexity index is 112.